The van der Waals surface area contributed by atoms with E-state index in [1.54, 1.807) is 0 Å². The molecule has 5 nitrogen and oxygen atoms in total. The fraction of sp³-hybridized carbons (Fsp3) is 0. The van der Waals surface area contributed by atoms with Crippen molar-refractivity contribution in [3.8, 4) is 11.6 Å². The minimum Gasteiger partial charge on any atom is -0.476 e. The number of hydrogen-bond donors (Lipinski definition) is 1. The summed E-state index contributed by atoms with van der Waals surface area (Å²) in [6, 6.07) is 2.07. The van der Waals surface area contributed by atoms with Crippen LogP contribution in [0.2, 0.25) is 0 Å². The van der Waals surface area contributed by atoms with E-state index in [-0.39, 0.29) is 4.47 Å². The van der Waals surface area contributed by atoms with Crippen LogP contribution in [0, 0.1) is 11.6 Å². The Labute approximate surface area is 114 Å². The first kappa shape index (κ1) is 13.3. The van der Waals surface area contributed by atoms with Gasteiger partial charge in [-0.3, -0.25) is 0 Å². The van der Waals surface area contributed by atoms with E-state index in [4.69, 9.17) is 9.84 Å². The highest BCUT2D eigenvalue weighted by Crippen LogP contribution is 2.29. The first-order valence-electron chi connectivity index (χ1n) is 4.85. The molecule has 0 radical (unpaired) electrons. The van der Waals surface area contributed by atoms with Gasteiger partial charge in [0.05, 0.1) is 0 Å². The lowest BCUT2D eigenvalue weighted by Crippen LogP contribution is -2.05. The molecule has 0 atom stereocenters. The van der Waals surface area contributed by atoms with Gasteiger partial charge in [-0.05, 0) is 12.1 Å². The van der Waals surface area contributed by atoms with Gasteiger partial charge < -0.3 is 9.84 Å². The van der Waals surface area contributed by atoms with Crippen molar-refractivity contribution in [3.63, 3.8) is 0 Å². The van der Waals surface area contributed by atoms with Crippen molar-refractivity contribution >= 4 is 21.9 Å². The lowest BCUT2D eigenvalue weighted by molar-refractivity contribution is 0.0686. The average molecular weight is 331 g/mol. The fourth-order valence-corrected chi connectivity index (χ4v) is 1.67. The Morgan fingerprint density at radius 1 is 1.26 bits per heavy atom. The number of aromatic carboxylic acids is 1. The van der Waals surface area contributed by atoms with E-state index in [2.05, 4.69) is 25.9 Å². The third-order valence-corrected chi connectivity index (χ3v) is 2.49. The molecule has 1 aromatic carbocycles. The minimum absolute atomic E-state index is 0.238. The lowest BCUT2D eigenvalue weighted by atomic mass is 10.3. The molecule has 0 saturated carbocycles. The topological polar surface area (TPSA) is 72.3 Å². The Bertz CT molecular complexity index is 652. The van der Waals surface area contributed by atoms with Gasteiger partial charge in [-0.1, -0.05) is 15.9 Å². The van der Waals surface area contributed by atoms with E-state index in [1.165, 1.54) is 6.20 Å². The van der Waals surface area contributed by atoms with Crippen molar-refractivity contribution in [1.29, 1.82) is 0 Å². The summed E-state index contributed by atoms with van der Waals surface area (Å²) >= 11 is 2.97. The molecule has 0 aliphatic rings. The first-order chi connectivity index (χ1) is 8.99. The number of hydrogen-bond acceptors (Lipinski definition) is 4. The molecule has 1 aromatic heterocycles. The van der Waals surface area contributed by atoms with E-state index < -0.39 is 34.9 Å². The largest absolute Gasteiger partial charge is 0.476 e. The van der Waals surface area contributed by atoms with Gasteiger partial charge in [0, 0.05) is 16.9 Å². The highest BCUT2D eigenvalue weighted by molar-refractivity contribution is 9.10. The number of carboxylic acid groups (broad SMARTS) is 1. The number of halogens is 3. The standard InChI is InChI=1S/C11H5BrF2N2O3/c12-5-3-6(13)8(14)7(4-5)19-10-9(11(17)18)15-1-2-16-10/h1-4H,(H,17,18). The van der Waals surface area contributed by atoms with E-state index in [0.717, 1.165) is 18.3 Å². The molecule has 2 aromatic rings. The van der Waals surface area contributed by atoms with Gasteiger partial charge in [-0.25, -0.2) is 19.2 Å². The summed E-state index contributed by atoms with van der Waals surface area (Å²) in [7, 11) is 0. The molecule has 0 spiro atoms. The number of carboxylic acids is 1. The summed E-state index contributed by atoms with van der Waals surface area (Å²) in [6.07, 6.45) is 2.32. The Kier molecular flexibility index (Phi) is 3.70. The van der Waals surface area contributed by atoms with Gasteiger partial charge in [-0.2, -0.15) is 4.39 Å². The van der Waals surface area contributed by atoms with Crippen LogP contribution in [0.25, 0.3) is 0 Å². The Hall–Kier alpha value is -2.09. The zero-order valence-electron chi connectivity index (χ0n) is 9.10. The molecule has 1 heterocycles. The lowest BCUT2D eigenvalue weighted by Gasteiger charge is -2.08. The van der Waals surface area contributed by atoms with E-state index in [1.807, 2.05) is 0 Å². The molecular formula is C11H5BrF2N2O3. The first-order valence-corrected chi connectivity index (χ1v) is 5.65. The molecule has 0 amide bonds. The molecule has 2 rings (SSSR count). The average Bonchev–Trinajstić information content (AvgIpc) is 2.35. The van der Waals surface area contributed by atoms with Crippen LogP contribution in [0.5, 0.6) is 11.6 Å². The molecule has 0 bridgehead atoms. The van der Waals surface area contributed by atoms with E-state index in [0.29, 0.717) is 0 Å². The monoisotopic (exact) mass is 330 g/mol. The van der Waals surface area contributed by atoms with Gasteiger partial charge in [0.1, 0.15) is 0 Å². The van der Waals surface area contributed by atoms with Crippen molar-refractivity contribution in [2.24, 2.45) is 0 Å². The van der Waals surface area contributed by atoms with Crippen molar-refractivity contribution < 1.29 is 23.4 Å². The van der Waals surface area contributed by atoms with Gasteiger partial charge in [0.2, 0.25) is 11.5 Å². The summed E-state index contributed by atoms with van der Waals surface area (Å²) in [6.45, 7) is 0. The molecule has 0 aliphatic heterocycles. The summed E-state index contributed by atoms with van der Waals surface area (Å²) in [5.74, 6) is -4.68. The Morgan fingerprint density at radius 3 is 2.63 bits per heavy atom. The molecular weight excluding hydrogens is 326 g/mol. The van der Waals surface area contributed by atoms with Crippen LogP contribution < -0.4 is 4.74 Å². The summed E-state index contributed by atoms with van der Waals surface area (Å²) in [5.41, 5.74) is -0.498. The molecule has 8 heteroatoms. The molecule has 0 fully saturated rings. The molecule has 0 aliphatic carbocycles. The van der Waals surface area contributed by atoms with Crippen LogP contribution in [0.15, 0.2) is 29.0 Å². The number of ether oxygens (including phenoxy) is 1. The predicted octanol–water partition coefficient (Wildman–Crippen LogP) is 3.01. The number of aromatic nitrogens is 2. The summed E-state index contributed by atoms with van der Waals surface area (Å²) < 4.78 is 31.9. The highest BCUT2D eigenvalue weighted by Gasteiger charge is 2.18. The Balaban J connectivity index is 2.45. The summed E-state index contributed by atoms with van der Waals surface area (Å²) in [5, 5.41) is 8.86. The summed E-state index contributed by atoms with van der Waals surface area (Å²) in [4.78, 5) is 18.0. The molecule has 0 saturated heterocycles. The van der Waals surface area contributed by atoms with Crippen LogP contribution in [0.3, 0.4) is 0 Å². The third-order valence-electron chi connectivity index (χ3n) is 2.03. The smallest absolute Gasteiger partial charge is 0.360 e. The van der Waals surface area contributed by atoms with Crippen LogP contribution in [0.1, 0.15) is 10.5 Å². The van der Waals surface area contributed by atoms with Crippen molar-refractivity contribution in [2.45, 2.75) is 0 Å². The molecule has 0 unspecified atom stereocenters. The van der Waals surface area contributed by atoms with Crippen LogP contribution in [0.4, 0.5) is 8.78 Å². The second kappa shape index (κ2) is 5.27. The van der Waals surface area contributed by atoms with Gasteiger partial charge in [0.15, 0.2) is 11.6 Å². The maximum Gasteiger partial charge on any atom is 0.360 e. The van der Waals surface area contributed by atoms with Gasteiger partial charge in [-0.15, -0.1) is 0 Å². The number of nitrogens with zero attached hydrogens (tertiary/aromatic N) is 2. The second-order valence-electron chi connectivity index (χ2n) is 3.32. The maximum absolute atomic E-state index is 13.5. The zero-order valence-corrected chi connectivity index (χ0v) is 10.7. The predicted molar refractivity (Wildman–Crippen MR) is 63.1 cm³/mol. The fourth-order valence-electron chi connectivity index (χ4n) is 1.26. The SMILES string of the molecule is O=C(O)c1nccnc1Oc1cc(Br)cc(F)c1F. The Morgan fingerprint density at radius 2 is 1.95 bits per heavy atom. The van der Waals surface area contributed by atoms with Crippen LogP contribution >= 0.6 is 15.9 Å². The van der Waals surface area contributed by atoms with Crippen molar-refractivity contribution in [2.75, 3.05) is 0 Å². The van der Waals surface area contributed by atoms with Crippen LogP contribution in [-0.2, 0) is 0 Å². The molecule has 19 heavy (non-hydrogen) atoms. The molecule has 98 valence electrons. The number of carbonyl (C=O) groups is 1. The van der Waals surface area contributed by atoms with Crippen molar-refractivity contribution in [3.05, 3.63) is 46.3 Å². The van der Waals surface area contributed by atoms with Gasteiger partial charge in [0.25, 0.3) is 5.88 Å². The quantitative estimate of drug-likeness (QED) is 0.876. The maximum atomic E-state index is 13.5. The van der Waals surface area contributed by atoms with E-state index >= 15 is 0 Å². The molecule has 1 N–H and O–H groups in total. The zero-order chi connectivity index (χ0) is 14.0. The van der Waals surface area contributed by atoms with Crippen molar-refractivity contribution in [1.82, 2.24) is 9.97 Å². The highest BCUT2D eigenvalue weighted by atomic mass is 79.9. The van der Waals surface area contributed by atoms with E-state index in [9.17, 15) is 13.6 Å². The third kappa shape index (κ3) is 2.84. The van der Waals surface area contributed by atoms with Gasteiger partial charge >= 0.3 is 5.97 Å². The number of benzene rings is 1. The normalized spacial score (nSPS) is 10.3. The minimum atomic E-state index is -1.39. The van der Waals surface area contributed by atoms with Crippen LogP contribution in [-0.4, -0.2) is 21.0 Å². The number of rotatable bonds is 3. The second-order valence-corrected chi connectivity index (χ2v) is 4.23.